The molecule has 5 nitrogen and oxygen atoms in total. The van der Waals surface area contributed by atoms with Gasteiger partial charge in [0.15, 0.2) is 0 Å². The highest BCUT2D eigenvalue weighted by atomic mass is 32.2. The molecule has 1 aromatic carbocycles. The fourth-order valence-corrected chi connectivity index (χ4v) is 2.59. The van der Waals surface area contributed by atoms with E-state index < -0.39 is 10.0 Å². The molecule has 0 heterocycles. The van der Waals surface area contributed by atoms with Crippen molar-refractivity contribution in [3.8, 4) is 5.75 Å². The highest BCUT2D eigenvalue weighted by molar-refractivity contribution is 7.92. The summed E-state index contributed by atoms with van der Waals surface area (Å²) in [5.41, 5.74) is 0.526. The number of hydrogen-bond donors (Lipinski definition) is 2. The van der Waals surface area contributed by atoms with E-state index in [9.17, 15) is 8.42 Å². The zero-order valence-corrected chi connectivity index (χ0v) is 11.6. The van der Waals surface area contributed by atoms with Gasteiger partial charge in [-0.05, 0) is 31.6 Å². The molecule has 0 fully saturated rings. The first-order valence-corrected chi connectivity index (χ1v) is 7.58. The van der Waals surface area contributed by atoms with Gasteiger partial charge in [0.2, 0.25) is 10.0 Å². The second-order valence-corrected chi connectivity index (χ2v) is 5.70. The lowest BCUT2D eigenvalue weighted by Crippen LogP contribution is -2.21. The quantitative estimate of drug-likeness (QED) is 0.703. The third-order valence-corrected chi connectivity index (χ3v) is 3.73. The van der Waals surface area contributed by atoms with Gasteiger partial charge in [0, 0.05) is 6.07 Å². The minimum atomic E-state index is -3.29. The number of ether oxygens (including phenoxy) is 1. The molecule has 102 valence electrons. The minimum Gasteiger partial charge on any atom is -0.497 e. The molecule has 0 atom stereocenters. The van der Waals surface area contributed by atoms with Gasteiger partial charge in [-0.3, -0.25) is 4.72 Å². The summed E-state index contributed by atoms with van der Waals surface area (Å²) in [4.78, 5) is 0. The van der Waals surface area contributed by atoms with Crippen molar-refractivity contribution in [2.75, 3.05) is 30.7 Å². The number of sulfonamides is 1. The van der Waals surface area contributed by atoms with E-state index >= 15 is 0 Å². The fourth-order valence-electron chi connectivity index (χ4n) is 1.48. The molecule has 0 amide bonds. The molecule has 0 radical (unpaired) electrons. The van der Waals surface area contributed by atoms with Gasteiger partial charge in [0.05, 0.1) is 18.6 Å². The van der Waals surface area contributed by atoms with Gasteiger partial charge in [-0.25, -0.2) is 8.42 Å². The summed E-state index contributed by atoms with van der Waals surface area (Å²) in [7, 11) is -1.74. The largest absolute Gasteiger partial charge is 0.497 e. The summed E-state index contributed by atoms with van der Waals surface area (Å²) in [6.07, 6.45) is 0.590. The Morgan fingerprint density at radius 3 is 2.78 bits per heavy atom. The molecule has 6 heteroatoms. The third-order valence-electron chi connectivity index (χ3n) is 2.36. The van der Waals surface area contributed by atoms with Crippen LogP contribution in [0.25, 0.3) is 0 Å². The van der Waals surface area contributed by atoms with E-state index in [0.29, 0.717) is 24.4 Å². The molecule has 1 rings (SSSR count). The Morgan fingerprint density at radius 2 is 2.11 bits per heavy atom. The molecule has 0 aromatic heterocycles. The van der Waals surface area contributed by atoms with Crippen LogP contribution in [0.1, 0.15) is 13.3 Å². The number of methoxy groups -OCH3 is 1. The van der Waals surface area contributed by atoms with E-state index in [2.05, 4.69) is 10.0 Å². The summed E-state index contributed by atoms with van der Waals surface area (Å²) in [5.74, 6) is 0.736. The van der Waals surface area contributed by atoms with Crippen LogP contribution in [0, 0.1) is 0 Å². The van der Waals surface area contributed by atoms with Crippen LogP contribution in [0.15, 0.2) is 24.3 Å². The SMILES string of the molecule is CCNCCCS(=O)(=O)Nc1cccc(OC)c1. The Morgan fingerprint density at radius 1 is 1.33 bits per heavy atom. The number of nitrogens with one attached hydrogen (secondary N) is 2. The van der Waals surface area contributed by atoms with E-state index in [1.165, 1.54) is 0 Å². The summed E-state index contributed by atoms with van der Waals surface area (Å²) in [6.45, 7) is 3.54. The number of hydrogen-bond acceptors (Lipinski definition) is 4. The van der Waals surface area contributed by atoms with Gasteiger partial charge < -0.3 is 10.1 Å². The van der Waals surface area contributed by atoms with Crippen molar-refractivity contribution < 1.29 is 13.2 Å². The first-order chi connectivity index (χ1) is 8.57. The molecule has 0 bridgehead atoms. The predicted molar refractivity (Wildman–Crippen MR) is 73.6 cm³/mol. The first-order valence-electron chi connectivity index (χ1n) is 5.92. The normalized spacial score (nSPS) is 11.2. The Hall–Kier alpha value is -1.27. The van der Waals surface area contributed by atoms with Gasteiger partial charge >= 0.3 is 0 Å². The lowest BCUT2D eigenvalue weighted by atomic mass is 10.3. The first kappa shape index (κ1) is 14.8. The molecule has 1 aromatic rings. The second kappa shape index (κ2) is 7.23. The standard InChI is InChI=1S/C12H20N2O3S/c1-3-13-8-5-9-18(15,16)14-11-6-4-7-12(10-11)17-2/h4,6-7,10,13-14H,3,5,8-9H2,1-2H3. The average molecular weight is 272 g/mol. The van der Waals surface area contributed by atoms with E-state index in [1.54, 1.807) is 31.4 Å². The van der Waals surface area contributed by atoms with E-state index in [4.69, 9.17) is 4.74 Å². The van der Waals surface area contributed by atoms with Crippen LogP contribution in [0.3, 0.4) is 0 Å². The van der Waals surface area contributed by atoms with Gasteiger partial charge in [0.1, 0.15) is 5.75 Å². The van der Waals surface area contributed by atoms with Crippen LogP contribution in [-0.4, -0.2) is 34.4 Å². The van der Waals surface area contributed by atoms with Crippen LogP contribution in [0.5, 0.6) is 5.75 Å². The van der Waals surface area contributed by atoms with Crippen molar-refractivity contribution in [3.05, 3.63) is 24.3 Å². The Labute approximate surface area is 109 Å². The maximum absolute atomic E-state index is 11.8. The Bertz CT molecular complexity index is 460. The fraction of sp³-hybridized carbons (Fsp3) is 0.500. The van der Waals surface area contributed by atoms with Crippen molar-refractivity contribution in [1.82, 2.24) is 5.32 Å². The predicted octanol–water partition coefficient (Wildman–Crippen LogP) is 1.44. The summed E-state index contributed by atoms with van der Waals surface area (Å²) < 4.78 is 31.1. The molecular formula is C12H20N2O3S. The zero-order valence-electron chi connectivity index (χ0n) is 10.8. The number of benzene rings is 1. The molecule has 0 aliphatic rings. The Balaban J connectivity index is 2.53. The van der Waals surface area contributed by atoms with E-state index in [0.717, 1.165) is 6.54 Å². The molecule has 0 unspecified atom stereocenters. The average Bonchev–Trinajstić information content (AvgIpc) is 2.34. The molecule has 2 N–H and O–H groups in total. The molecule has 18 heavy (non-hydrogen) atoms. The van der Waals surface area contributed by atoms with E-state index in [-0.39, 0.29) is 5.75 Å². The van der Waals surface area contributed by atoms with Gasteiger partial charge in [-0.1, -0.05) is 13.0 Å². The summed E-state index contributed by atoms with van der Waals surface area (Å²) >= 11 is 0. The zero-order chi connectivity index (χ0) is 13.4. The van der Waals surface area contributed by atoms with Crippen LogP contribution >= 0.6 is 0 Å². The monoisotopic (exact) mass is 272 g/mol. The van der Waals surface area contributed by atoms with E-state index in [1.807, 2.05) is 6.92 Å². The highest BCUT2D eigenvalue weighted by Crippen LogP contribution is 2.17. The third kappa shape index (κ3) is 5.37. The topological polar surface area (TPSA) is 67.4 Å². The van der Waals surface area contributed by atoms with Crippen molar-refractivity contribution in [1.29, 1.82) is 0 Å². The molecule has 0 saturated carbocycles. The van der Waals surface area contributed by atoms with Gasteiger partial charge in [-0.2, -0.15) is 0 Å². The van der Waals surface area contributed by atoms with Crippen LogP contribution < -0.4 is 14.8 Å². The molecular weight excluding hydrogens is 252 g/mol. The van der Waals surface area contributed by atoms with Crippen LogP contribution in [0.4, 0.5) is 5.69 Å². The Kier molecular flexibility index (Phi) is 5.94. The summed E-state index contributed by atoms with van der Waals surface area (Å²) in [5, 5.41) is 3.09. The highest BCUT2D eigenvalue weighted by Gasteiger charge is 2.10. The minimum absolute atomic E-state index is 0.108. The van der Waals surface area contributed by atoms with Crippen molar-refractivity contribution in [2.45, 2.75) is 13.3 Å². The smallest absolute Gasteiger partial charge is 0.232 e. The van der Waals surface area contributed by atoms with Crippen molar-refractivity contribution >= 4 is 15.7 Å². The van der Waals surface area contributed by atoms with Gasteiger partial charge in [-0.15, -0.1) is 0 Å². The number of rotatable bonds is 8. The van der Waals surface area contributed by atoms with Crippen molar-refractivity contribution in [3.63, 3.8) is 0 Å². The van der Waals surface area contributed by atoms with Gasteiger partial charge in [0.25, 0.3) is 0 Å². The summed E-state index contributed by atoms with van der Waals surface area (Å²) in [6, 6.07) is 6.87. The van der Waals surface area contributed by atoms with Crippen LogP contribution in [-0.2, 0) is 10.0 Å². The van der Waals surface area contributed by atoms with Crippen LogP contribution in [0.2, 0.25) is 0 Å². The molecule has 0 saturated heterocycles. The molecule has 0 aliphatic heterocycles. The lowest BCUT2D eigenvalue weighted by molar-refractivity contribution is 0.415. The number of anilines is 1. The lowest BCUT2D eigenvalue weighted by Gasteiger charge is -2.09. The molecule has 0 spiro atoms. The maximum Gasteiger partial charge on any atom is 0.232 e. The molecule has 0 aliphatic carbocycles. The second-order valence-electron chi connectivity index (χ2n) is 3.86. The van der Waals surface area contributed by atoms with Crippen molar-refractivity contribution in [2.24, 2.45) is 0 Å². The maximum atomic E-state index is 11.8.